The van der Waals surface area contributed by atoms with Gasteiger partial charge in [0.25, 0.3) is 5.91 Å². The summed E-state index contributed by atoms with van der Waals surface area (Å²) in [4.78, 5) is 25.3. The monoisotopic (exact) mass is 325 g/mol. The van der Waals surface area contributed by atoms with Crippen molar-refractivity contribution >= 4 is 22.0 Å². The largest absolute Gasteiger partial charge is 0.326 e. The molecule has 0 saturated carbocycles. The molecule has 1 aliphatic heterocycles. The third kappa shape index (κ3) is 3.28. The van der Waals surface area contributed by atoms with Crippen molar-refractivity contribution in [3.8, 4) is 0 Å². The molecule has 7 nitrogen and oxygen atoms in total. The Hall–Kier alpha value is -1.93. The lowest BCUT2D eigenvalue weighted by atomic mass is 9.99. The maximum absolute atomic E-state index is 12.3. The highest BCUT2D eigenvalue weighted by Gasteiger charge is 2.40. The van der Waals surface area contributed by atoms with Crippen LogP contribution in [0.1, 0.15) is 25.8 Å². The molecule has 0 spiro atoms. The average Bonchev–Trinajstić information content (AvgIpc) is 2.74. The number of hydrogen-bond donors (Lipinski definition) is 2. The van der Waals surface area contributed by atoms with E-state index >= 15 is 0 Å². The highest BCUT2D eigenvalue weighted by atomic mass is 32.2. The summed E-state index contributed by atoms with van der Waals surface area (Å²) in [5, 5.41) is 7.71. The average molecular weight is 325 g/mol. The van der Waals surface area contributed by atoms with E-state index in [1.807, 2.05) is 13.8 Å². The lowest BCUT2D eigenvalue weighted by molar-refractivity contribution is -0.128. The van der Waals surface area contributed by atoms with E-state index in [1.165, 1.54) is 24.3 Å². The summed E-state index contributed by atoms with van der Waals surface area (Å²) in [6.07, 6.45) is 0.785. The van der Waals surface area contributed by atoms with Gasteiger partial charge in [-0.15, -0.1) is 0 Å². The quantitative estimate of drug-likeness (QED) is 0.780. The van der Waals surface area contributed by atoms with Crippen LogP contribution in [0.3, 0.4) is 0 Å². The van der Waals surface area contributed by atoms with E-state index in [0.29, 0.717) is 5.56 Å². The Morgan fingerprint density at radius 3 is 2.36 bits per heavy atom. The molecule has 8 heteroatoms. The number of primary sulfonamides is 1. The van der Waals surface area contributed by atoms with Crippen LogP contribution in [0.15, 0.2) is 29.2 Å². The minimum atomic E-state index is -3.75. The first-order chi connectivity index (χ1) is 10.2. The van der Waals surface area contributed by atoms with Crippen LogP contribution >= 0.6 is 0 Å². The summed E-state index contributed by atoms with van der Waals surface area (Å²) in [7, 11) is -3.75. The van der Waals surface area contributed by atoms with Crippen LogP contribution < -0.4 is 10.5 Å². The van der Waals surface area contributed by atoms with Gasteiger partial charge in [0, 0.05) is 0 Å². The third-order valence-corrected chi connectivity index (χ3v) is 4.79. The van der Waals surface area contributed by atoms with Gasteiger partial charge in [0.15, 0.2) is 0 Å². The second-order valence-corrected chi connectivity index (χ2v) is 6.99. The molecule has 1 aromatic carbocycles. The summed E-state index contributed by atoms with van der Waals surface area (Å²) in [5.41, 5.74) is 0.653. The molecule has 1 heterocycles. The highest BCUT2D eigenvalue weighted by Crippen LogP contribution is 2.19. The van der Waals surface area contributed by atoms with Crippen LogP contribution in [0.5, 0.6) is 0 Å². The van der Waals surface area contributed by atoms with E-state index in [2.05, 4.69) is 5.32 Å². The topological polar surface area (TPSA) is 110 Å². The Morgan fingerprint density at radius 2 is 1.86 bits per heavy atom. The van der Waals surface area contributed by atoms with Gasteiger partial charge < -0.3 is 5.32 Å². The molecule has 3 amide bonds. The SMILES string of the molecule is CC[C@@H](C)[C@@H]1NC(=O)N(Cc2ccc(S(N)(=O)=O)cc2)C1=O. The van der Waals surface area contributed by atoms with E-state index in [9.17, 15) is 18.0 Å². The summed E-state index contributed by atoms with van der Waals surface area (Å²) in [6.45, 7) is 3.97. The number of rotatable bonds is 5. The van der Waals surface area contributed by atoms with Gasteiger partial charge in [-0.05, 0) is 23.6 Å². The van der Waals surface area contributed by atoms with E-state index in [4.69, 9.17) is 5.14 Å². The Morgan fingerprint density at radius 1 is 1.27 bits per heavy atom. The van der Waals surface area contributed by atoms with Crippen molar-refractivity contribution in [2.24, 2.45) is 11.1 Å². The van der Waals surface area contributed by atoms with E-state index in [-0.39, 0.29) is 23.3 Å². The van der Waals surface area contributed by atoms with Gasteiger partial charge in [0.2, 0.25) is 10.0 Å². The molecule has 1 saturated heterocycles. The fraction of sp³-hybridized carbons (Fsp3) is 0.429. The molecular formula is C14H19N3O4S. The standard InChI is InChI=1S/C14H19N3O4S/c1-3-9(2)12-13(18)17(14(19)16-12)8-10-4-6-11(7-5-10)22(15,20)21/h4-7,9,12H,3,8H2,1-2H3,(H,16,19)(H2,15,20,21)/t9-,12+/m1/s1. The molecule has 0 unspecified atom stereocenters. The number of carbonyl (C=O) groups excluding carboxylic acids is 2. The fourth-order valence-corrected chi connectivity index (χ4v) is 2.79. The number of amides is 3. The zero-order valence-corrected chi connectivity index (χ0v) is 13.3. The number of urea groups is 1. The van der Waals surface area contributed by atoms with Crippen molar-refractivity contribution in [2.45, 2.75) is 37.8 Å². The van der Waals surface area contributed by atoms with E-state index in [0.717, 1.165) is 11.3 Å². The van der Waals surface area contributed by atoms with Crippen molar-refractivity contribution < 1.29 is 18.0 Å². The fourth-order valence-electron chi connectivity index (χ4n) is 2.28. The molecular weight excluding hydrogens is 306 g/mol. The maximum Gasteiger partial charge on any atom is 0.325 e. The molecule has 22 heavy (non-hydrogen) atoms. The van der Waals surface area contributed by atoms with Crippen LogP contribution in [0.25, 0.3) is 0 Å². The molecule has 0 aliphatic carbocycles. The van der Waals surface area contributed by atoms with Gasteiger partial charge in [-0.1, -0.05) is 32.4 Å². The van der Waals surface area contributed by atoms with Crippen LogP contribution in [-0.4, -0.2) is 31.3 Å². The van der Waals surface area contributed by atoms with Crippen LogP contribution in [0, 0.1) is 5.92 Å². The number of nitrogens with zero attached hydrogens (tertiary/aromatic N) is 1. The molecule has 0 radical (unpaired) electrons. The third-order valence-electron chi connectivity index (χ3n) is 3.86. The molecule has 2 atom stereocenters. The first-order valence-electron chi connectivity index (χ1n) is 6.97. The normalized spacial score (nSPS) is 20.1. The van der Waals surface area contributed by atoms with Gasteiger partial charge in [-0.3, -0.25) is 9.69 Å². The second kappa shape index (κ2) is 6.05. The Labute approximate surface area is 129 Å². The van der Waals surface area contributed by atoms with Crippen molar-refractivity contribution in [1.82, 2.24) is 10.2 Å². The van der Waals surface area contributed by atoms with E-state index in [1.54, 1.807) is 0 Å². The summed E-state index contributed by atoms with van der Waals surface area (Å²) in [6, 6.07) is 4.87. The predicted octanol–water partition coefficient (Wildman–Crippen LogP) is 0.801. The van der Waals surface area contributed by atoms with Crippen LogP contribution in [0.4, 0.5) is 4.79 Å². The van der Waals surface area contributed by atoms with Crippen LogP contribution in [0.2, 0.25) is 0 Å². The number of imide groups is 1. The van der Waals surface area contributed by atoms with Crippen LogP contribution in [-0.2, 0) is 21.4 Å². The molecule has 1 aromatic rings. The number of nitrogens with two attached hydrogens (primary N) is 1. The number of sulfonamides is 1. The summed E-state index contributed by atoms with van der Waals surface area (Å²) < 4.78 is 22.4. The van der Waals surface area contributed by atoms with Gasteiger partial charge in [0.05, 0.1) is 11.4 Å². The predicted molar refractivity (Wildman–Crippen MR) is 80.1 cm³/mol. The second-order valence-electron chi connectivity index (χ2n) is 5.43. The minimum Gasteiger partial charge on any atom is -0.326 e. The lowest BCUT2D eigenvalue weighted by Gasteiger charge is -2.16. The molecule has 3 N–H and O–H groups in total. The Bertz CT molecular complexity index is 685. The first kappa shape index (κ1) is 16.4. The molecule has 120 valence electrons. The van der Waals surface area contributed by atoms with Crippen molar-refractivity contribution in [1.29, 1.82) is 0 Å². The smallest absolute Gasteiger partial charge is 0.325 e. The summed E-state index contributed by atoms with van der Waals surface area (Å²) in [5.74, 6) is -0.193. The number of nitrogens with one attached hydrogen (secondary N) is 1. The number of benzene rings is 1. The lowest BCUT2D eigenvalue weighted by Crippen LogP contribution is -2.35. The van der Waals surface area contributed by atoms with Crippen molar-refractivity contribution in [3.63, 3.8) is 0 Å². The highest BCUT2D eigenvalue weighted by molar-refractivity contribution is 7.89. The number of hydrogen-bond acceptors (Lipinski definition) is 4. The van der Waals surface area contributed by atoms with E-state index < -0.39 is 22.1 Å². The zero-order chi connectivity index (χ0) is 16.5. The Kier molecular flexibility index (Phi) is 4.52. The first-order valence-corrected chi connectivity index (χ1v) is 8.52. The Balaban J connectivity index is 2.14. The van der Waals surface area contributed by atoms with Gasteiger partial charge in [-0.2, -0.15) is 0 Å². The molecule has 1 fully saturated rings. The maximum atomic E-state index is 12.3. The van der Waals surface area contributed by atoms with Crippen molar-refractivity contribution in [2.75, 3.05) is 0 Å². The minimum absolute atomic E-state index is 0.00840. The zero-order valence-electron chi connectivity index (χ0n) is 12.4. The molecule has 1 aliphatic rings. The van der Waals surface area contributed by atoms with Gasteiger partial charge in [0.1, 0.15) is 6.04 Å². The van der Waals surface area contributed by atoms with Gasteiger partial charge in [-0.25, -0.2) is 18.4 Å². The summed E-state index contributed by atoms with van der Waals surface area (Å²) >= 11 is 0. The number of carbonyl (C=O) groups is 2. The molecule has 2 rings (SSSR count). The van der Waals surface area contributed by atoms with Crippen molar-refractivity contribution in [3.05, 3.63) is 29.8 Å². The van der Waals surface area contributed by atoms with Gasteiger partial charge >= 0.3 is 6.03 Å². The molecule has 0 bridgehead atoms. The molecule has 0 aromatic heterocycles.